The van der Waals surface area contributed by atoms with Gasteiger partial charge in [-0.1, -0.05) is 23.7 Å². The predicted octanol–water partition coefficient (Wildman–Crippen LogP) is 5.69. The minimum atomic E-state index is -4.51. The van der Waals surface area contributed by atoms with Crippen molar-refractivity contribution in [3.8, 4) is 11.5 Å². The maximum Gasteiger partial charge on any atom is 0.416 e. The Balaban J connectivity index is 1.82. The molecule has 3 aromatic carbocycles. The number of Topliss-reactive ketones (excluding diaryl/α,β-unsaturated/α-hetero) is 1. The van der Waals surface area contributed by atoms with Gasteiger partial charge in [-0.15, -0.1) is 0 Å². The van der Waals surface area contributed by atoms with E-state index in [1.54, 1.807) is 30.1 Å². The van der Waals surface area contributed by atoms with E-state index in [9.17, 15) is 31.5 Å². The molecule has 3 aromatic rings. The lowest BCUT2D eigenvalue weighted by molar-refractivity contribution is -0.137. The molecule has 0 bridgehead atoms. The van der Waals surface area contributed by atoms with E-state index in [0.717, 1.165) is 24.0 Å². The second kappa shape index (κ2) is 12.5. The molecule has 1 aliphatic carbocycles. The van der Waals surface area contributed by atoms with Gasteiger partial charge in [-0.3, -0.25) is 4.79 Å². The molecule has 1 aliphatic rings. The Morgan fingerprint density at radius 3 is 2.50 bits per heavy atom. The number of alkyl halides is 3. The number of aliphatic hydroxyl groups is 1. The van der Waals surface area contributed by atoms with Gasteiger partial charge in [0.25, 0.3) is 0 Å². The van der Waals surface area contributed by atoms with Crippen molar-refractivity contribution in [2.24, 2.45) is 5.92 Å². The maximum absolute atomic E-state index is 14.4. The Labute approximate surface area is 247 Å². The van der Waals surface area contributed by atoms with Gasteiger partial charge >= 0.3 is 6.18 Å². The van der Waals surface area contributed by atoms with Crippen LogP contribution >= 0.6 is 11.6 Å². The third kappa shape index (κ3) is 7.02. The molecule has 0 fully saturated rings. The van der Waals surface area contributed by atoms with Crippen LogP contribution in [0, 0.1) is 5.92 Å². The van der Waals surface area contributed by atoms with Gasteiger partial charge < -0.3 is 19.5 Å². The fourth-order valence-corrected chi connectivity index (χ4v) is 6.04. The van der Waals surface area contributed by atoms with Gasteiger partial charge in [-0.05, 0) is 66.8 Å². The maximum atomic E-state index is 14.4. The second-order valence-corrected chi connectivity index (χ2v) is 12.7. The van der Waals surface area contributed by atoms with Crippen molar-refractivity contribution >= 4 is 32.9 Å². The number of fused-ring (bicyclic) bond motifs is 1. The van der Waals surface area contributed by atoms with E-state index in [2.05, 4.69) is 0 Å². The van der Waals surface area contributed by atoms with Crippen LogP contribution in [0.5, 0.6) is 11.5 Å². The molecule has 0 radical (unpaired) electrons. The Morgan fingerprint density at radius 2 is 1.86 bits per heavy atom. The summed E-state index contributed by atoms with van der Waals surface area (Å²) in [7, 11) is -0.643. The molecule has 12 heteroatoms. The van der Waals surface area contributed by atoms with Crippen molar-refractivity contribution < 1.29 is 41.0 Å². The summed E-state index contributed by atoms with van der Waals surface area (Å²) in [6, 6.07) is 11.7. The number of carbonyl (C=O) groups is 1. The number of anilines is 1. The van der Waals surface area contributed by atoms with Crippen LogP contribution in [0.15, 0.2) is 59.5 Å². The van der Waals surface area contributed by atoms with Crippen molar-refractivity contribution in [3.63, 3.8) is 0 Å². The number of ketones is 1. The summed E-state index contributed by atoms with van der Waals surface area (Å²) in [6.07, 6.45) is -2.51. The number of hydrogen-bond acceptors (Lipinski definition) is 7. The van der Waals surface area contributed by atoms with Crippen molar-refractivity contribution in [2.45, 2.75) is 36.4 Å². The Kier molecular flexibility index (Phi) is 9.44. The third-order valence-corrected chi connectivity index (χ3v) is 8.70. The van der Waals surface area contributed by atoms with Crippen molar-refractivity contribution in [1.82, 2.24) is 0 Å². The molecule has 0 spiro atoms. The molecule has 0 aliphatic heterocycles. The third-order valence-electron chi connectivity index (χ3n) is 7.38. The number of hydrogen-bond donors (Lipinski definition) is 1. The van der Waals surface area contributed by atoms with Crippen LogP contribution in [0.3, 0.4) is 0 Å². The van der Waals surface area contributed by atoms with E-state index in [1.165, 1.54) is 31.4 Å². The molecular formula is C30H31ClF3NO6S. The average Bonchev–Trinajstić information content (AvgIpc) is 2.95. The fourth-order valence-electron chi connectivity index (χ4n) is 5.21. The molecule has 226 valence electrons. The highest BCUT2D eigenvalue weighted by atomic mass is 35.5. The van der Waals surface area contributed by atoms with E-state index in [4.69, 9.17) is 21.1 Å². The minimum Gasteiger partial charge on any atom is -0.497 e. The summed E-state index contributed by atoms with van der Waals surface area (Å²) in [4.78, 5) is 16.0. The van der Waals surface area contributed by atoms with E-state index in [0.29, 0.717) is 34.7 Å². The quantitative estimate of drug-likeness (QED) is 0.309. The number of rotatable bonds is 10. The average molecular weight is 626 g/mol. The monoisotopic (exact) mass is 625 g/mol. The number of likely N-dealkylation sites (N-methyl/N-ethyl adjacent to an activating group) is 1. The molecule has 0 aromatic heterocycles. The van der Waals surface area contributed by atoms with Crippen LogP contribution in [-0.4, -0.2) is 52.9 Å². The zero-order valence-electron chi connectivity index (χ0n) is 23.2. The first-order valence-corrected chi connectivity index (χ1v) is 15.4. The number of nitrogens with zero attached hydrogens (tertiary/aromatic N) is 1. The van der Waals surface area contributed by atoms with E-state index >= 15 is 0 Å². The van der Waals surface area contributed by atoms with Crippen LogP contribution in [-0.2, 0) is 33.6 Å². The SMILES string of the molecule is COc1cc(N(C)C(C(=O)C2CCc3ccc(C(F)(F)F)cc3C2)c2ccc(Cl)cc2OCCO)cc(S(C)(=O)=O)c1. The van der Waals surface area contributed by atoms with Crippen molar-refractivity contribution in [1.29, 1.82) is 0 Å². The number of benzene rings is 3. The molecule has 1 N–H and O–H groups in total. The lowest BCUT2D eigenvalue weighted by Gasteiger charge is -2.35. The van der Waals surface area contributed by atoms with E-state index in [1.807, 2.05) is 0 Å². The van der Waals surface area contributed by atoms with Crippen LogP contribution in [0.2, 0.25) is 5.02 Å². The van der Waals surface area contributed by atoms with Gasteiger partial charge in [0, 0.05) is 41.6 Å². The number of halogens is 4. The zero-order valence-corrected chi connectivity index (χ0v) is 24.8. The van der Waals surface area contributed by atoms with Gasteiger partial charge in [0.05, 0.1) is 24.2 Å². The number of carbonyl (C=O) groups excluding carboxylic acids is 1. The van der Waals surface area contributed by atoms with Crippen LogP contribution in [0.4, 0.5) is 18.9 Å². The van der Waals surface area contributed by atoms with Gasteiger partial charge in [-0.2, -0.15) is 13.2 Å². The molecule has 0 saturated carbocycles. The molecule has 7 nitrogen and oxygen atoms in total. The minimum absolute atomic E-state index is 0.0194. The Hall–Kier alpha value is -3.28. The Morgan fingerprint density at radius 1 is 1.12 bits per heavy atom. The standard InChI is InChI=1S/C30H31ClF3NO6S/c1-35(23-15-24(40-2)17-25(16-23)42(3,38)39)28(26-9-8-22(31)14-27(26)41-11-10-36)29(37)19-5-4-18-6-7-21(30(32,33)34)13-20(18)12-19/h6-9,13-17,19,28,36H,4-5,10-12H2,1-3H3. The summed E-state index contributed by atoms with van der Waals surface area (Å²) in [5, 5.41) is 9.70. The van der Waals surface area contributed by atoms with Gasteiger partial charge in [0.15, 0.2) is 15.6 Å². The smallest absolute Gasteiger partial charge is 0.416 e. The summed E-state index contributed by atoms with van der Waals surface area (Å²) in [5.74, 6) is -0.441. The highest BCUT2D eigenvalue weighted by Gasteiger charge is 2.37. The largest absolute Gasteiger partial charge is 0.497 e. The molecule has 0 saturated heterocycles. The second-order valence-electron chi connectivity index (χ2n) is 10.2. The molecule has 42 heavy (non-hydrogen) atoms. The highest BCUT2D eigenvalue weighted by molar-refractivity contribution is 7.90. The number of aryl methyl sites for hydroxylation is 1. The normalized spacial score (nSPS) is 16.0. The number of aliphatic hydroxyl groups excluding tert-OH is 1. The summed E-state index contributed by atoms with van der Waals surface area (Å²) in [6.45, 7) is -0.374. The number of methoxy groups -OCH3 is 1. The molecule has 0 amide bonds. The summed E-state index contributed by atoms with van der Waals surface area (Å²) in [5.41, 5.74) is 1.21. The first-order valence-electron chi connectivity index (χ1n) is 13.1. The van der Waals surface area contributed by atoms with E-state index in [-0.39, 0.29) is 41.8 Å². The lowest BCUT2D eigenvalue weighted by atomic mass is 9.78. The zero-order chi connectivity index (χ0) is 30.8. The number of ether oxygens (including phenoxy) is 2. The molecule has 2 atom stereocenters. The van der Waals surface area contributed by atoms with E-state index < -0.39 is 33.5 Å². The van der Waals surface area contributed by atoms with Crippen molar-refractivity contribution in [2.75, 3.05) is 38.5 Å². The van der Waals surface area contributed by atoms with Gasteiger partial charge in [0.2, 0.25) is 0 Å². The first kappa shape index (κ1) is 31.7. The van der Waals surface area contributed by atoms with Gasteiger partial charge in [-0.25, -0.2) is 8.42 Å². The molecule has 4 rings (SSSR count). The first-order chi connectivity index (χ1) is 19.7. The predicted molar refractivity (Wildman–Crippen MR) is 153 cm³/mol. The van der Waals surface area contributed by atoms with Crippen LogP contribution < -0.4 is 14.4 Å². The van der Waals surface area contributed by atoms with Crippen LogP contribution in [0.25, 0.3) is 0 Å². The van der Waals surface area contributed by atoms with Crippen LogP contribution in [0.1, 0.15) is 34.7 Å². The molecule has 2 unspecified atom stereocenters. The summed E-state index contributed by atoms with van der Waals surface area (Å²) >= 11 is 6.23. The number of sulfone groups is 1. The lowest BCUT2D eigenvalue weighted by Crippen LogP contribution is -2.37. The highest BCUT2D eigenvalue weighted by Crippen LogP contribution is 2.41. The topological polar surface area (TPSA) is 93.1 Å². The molecule has 0 heterocycles. The fraction of sp³-hybridized carbons (Fsp3) is 0.367. The Bertz CT molecular complexity index is 1580. The van der Waals surface area contributed by atoms with Crippen molar-refractivity contribution in [3.05, 3.63) is 81.9 Å². The molecular weight excluding hydrogens is 595 g/mol. The summed E-state index contributed by atoms with van der Waals surface area (Å²) < 4.78 is 76.3. The van der Waals surface area contributed by atoms with Gasteiger partial charge in [0.1, 0.15) is 24.1 Å².